The van der Waals surface area contributed by atoms with Crippen molar-refractivity contribution in [3.63, 3.8) is 0 Å². The van der Waals surface area contributed by atoms with Crippen LogP contribution in [0.1, 0.15) is 71.8 Å². The first-order chi connectivity index (χ1) is 18.8. The SMILES string of the molecule is Cc1c(Cc2ccc(F)c(C(=O)N3CC(=O)N(C4CCCCC4)C(C)C3)c2)nn(OC(=O)C(F)(F)F)c(=O)c1C. The number of hydrogen-bond acceptors (Lipinski definition) is 6. The van der Waals surface area contributed by atoms with Gasteiger partial charge in [0, 0.05) is 30.6 Å². The molecule has 9 nitrogen and oxygen atoms in total. The zero-order valence-electron chi connectivity index (χ0n) is 22.4. The molecule has 0 N–H and O–H groups in total. The molecule has 2 aliphatic rings. The lowest BCUT2D eigenvalue weighted by atomic mass is 9.92. The van der Waals surface area contributed by atoms with Gasteiger partial charge >= 0.3 is 17.7 Å². The van der Waals surface area contributed by atoms with Gasteiger partial charge in [0.1, 0.15) is 12.4 Å². The summed E-state index contributed by atoms with van der Waals surface area (Å²) in [4.78, 5) is 57.2. The van der Waals surface area contributed by atoms with Gasteiger partial charge in [-0.15, -0.1) is 5.10 Å². The minimum absolute atomic E-state index is 0.00160. The zero-order chi connectivity index (χ0) is 29.4. The third-order valence-corrected chi connectivity index (χ3v) is 7.56. The average Bonchev–Trinajstić information content (AvgIpc) is 2.90. The highest BCUT2D eigenvalue weighted by atomic mass is 19.4. The Morgan fingerprint density at radius 2 is 1.75 bits per heavy atom. The molecule has 1 aliphatic heterocycles. The lowest BCUT2D eigenvalue weighted by Crippen LogP contribution is -2.60. The topological polar surface area (TPSA) is 102 Å². The third kappa shape index (κ3) is 6.02. The van der Waals surface area contributed by atoms with E-state index in [-0.39, 0.29) is 59.2 Å². The van der Waals surface area contributed by atoms with Crippen LogP contribution in [0, 0.1) is 19.7 Å². The number of nitrogens with zero attached hydrogens (tertiary/aromatic N) is 4. The second-order valence-corrected chi connectivity index (χ2v) is 10.4. The number of carbonyl (C=O) groups excluding carboxylic acids is 3. The van der Waals surface area contributed by atoms with Gasteiger partial charge in [0.2, 0.25) is 5.91 Å². The van der Waals surface area contributed by atoms with Gasteiger partial charge in [-0.05, 0) is 61.7 Å². The van der Waals surface area contributed by atoms with E-state index >= 15 is 0 Å². The standard InChI is InChI=1S/C27H30F4N4O5/c1-15-13-33(14-23(36)34(15)19-7-5-4-6-8-19)25(38)20-11-18(9-10-21(20)28)12-22-16(2)17(3)24(37)35(32-22)40-26(39)27(29,30)31/h9-11,15,19H,4-8,12-14H2,1-3H3. The van der Waals surface area contributed by atoms with Gasteiger partial charge in [0.15, 0.2) is 0 Å². The summed E-state index contributed by atoms with van der Waals surface area (Å²) < 4.78 is 52.8. The van der Waals surface area contributed by atoms with E-state index < -0.39 is 29.4 Å². The number of benzene rings is 1. The Labute approximate surface area is 227 Å². The van der Waals surface area contributed by atoms with Gasteiger partial charge < -0.3 is 14.6 Å². The van der Waals surface area contributed by atoms with Gasteiger partial charge in [0.25, 0.3) is 5.91 Å². The van der Waals surface area contributed by atoms with Crippen LogP contribution in [-0.4, -0.2) is 68.9 Å². The van der Waals surface area contributed by atoms with E-state index in [1.54, 1.807) is 0 Å². The summed E-state index contributed by atoms with van der Waals surface area (Å²) in [6, 6.07) is 3.65. The molecule has 2 heterocycles. The van der Waals surface area contributed by atoms with Crippen molar-refractivity contribution in [2.75, 3.05) is 13.1 Å². The summed E-state index contributed by atoms with van der Waals surface area (Å²) in [7, 11) is 0. The van der Waals surface area contributed by atoms with E-state index in [1.165, 1.54) is 30.9 Å². The summed E-state index contributed by atoms with van der Waals surface area (Å²) in [5, 5.41) is 3.76. The van der Waals surface area contributed by atoms with Gasteiger partial charge in [0.05, 0.1) is 11.3 Å². The minimum atomic E-state index is -5.34. The summed E-state index contributed by atoms with van der Waals surface area (Å²) in [5.41, 5.74) is -0.523. The second kappa shape index (κ2) is 11.4. The summed E-state index contributed by atoms with van der Waals surface area (Å²) in [5.74, 6) is -4.25. The molecule has 1 saturated heterocycles. The number of carbonyl (C=O) groups is 3. The normalized spacial score (nSPS) is 18.7. The van der Waals surface area contributed by atoms with Gasteiger partial charge in [-0.25, -0.2) is 9.18 Å². The van der Waals surface area contributed by atoms with Crippen LogP contribution in [0.25, 0.3) is 0 Å². The number of piperazine rings is 1. The Bertz CT molecular complexity index is 1380. The van der Waals surface area contributed by atoms with E-state index in [0.29, 0.717) is 11.1 Å². The van der Waals surface area contributed by atoms with Crippen molar-refractivity contribution in [2.45, 2.75) is 77.6 Å². The zero-order valence-corrected chi connectivity index (χ0v) is 22.4. The second-order valence-electron chi connectivity index (χ2n) is 10.4. The van der Waals surface area contributed by atoms with Crippen LogP contribution < -0.4 is 10.4 Å². The molecule has 1 saturated carbocycles. The van der Waals surface area contributed by atoms with E-state index in [0.717, 1.165) is 38.2 Å². The lowest BCUT2D eigenvalue weighted by Gasteiger charge is -2.45. The van der Waals surface area contributed by atoms with Crippen molar-refractivity contribution < 1.29 is 36.8 Å². The van der Waals surface area contributed by atoms with Crippen LogP contribution >= 0.6 is 0 Å². The van der Waals surface area contributed by atoms with Crippen LogP contribution in [0.3, 0.4) is 0 Å². The molecule has 1 unspecified atom stereocenters. The van der Waals surface area contributed by atoms with Crippen LogP contribution in [0.2, 0.25) is 0 Å². The first kappa shape index (κ1) is 29.2. The highest BCUT2D eigenvalue weighted by Crippen LogP contribution is 2.27. The van der Waals surface area contributed by atoms with Gasteiger partial charge in [-0.1, -0.05) is 25.3 Å². The first-order valence-corrected chi connectivity index (χ1v) is 13.1. The Morgan fingerprint density at radius 3 is 2.38 bits per heavy atom. The minimum Gasteiger partial charge on any atom is -0.334 e. The van der Waals surface area contributed by atoms with Crippen molar-refractivity contribution in [3.8, 4) is 0 Å². The fourth-order valence-electron chi connectivity index (χ4n) is 5.36. The maximum Gasteiger partial charge on any atom is 0.493 e. The molecule has 40 heavy (non-hydrogen) atoms. The number of hydrogen-bond donors (Lipinski definition) is 0. The summed E-state index contributed by atoms with van der Waals surface area (Å²) in [6.45, 7) is 4.81. The quantitative estimate of drug-likeness (QED) is 0.516. The predicted octanol–water partition coefficient (Wildman–Crippen LogP) is 3.11. The number of aromatic nitrogens is 2. The van der Waals surface area contributed by atoms with Crippen LogP contribution in [0.4, 0.5) is 17.6 Å². The van der Waals surface area contributed by atoms with Gasteiger partial charge in [-0.2, -0.15) is 13.2 Å². The fourth-order valence-corrected chi connectivity index (χ4v) is 5.36. The molecule has 2 aromatic rings. The van der Waals surface area contributed by atoms with Crippen molar-refractivity contribution >= 4 is 17.8 Å². The molecule has 1 aromatic heterocycles. The van der Waals surface area contributed by atoms with Crippen molar-refractivity contribution in [3.05, 3.63) is 62.3 Å². The molecule has 13 heteroatoms. The van der Waals surface area contributed by atoms with Crippen molar-refractivity contribution in [1.29, 1.82) is 0 Å². The Hall–Kier alpha value is -3.77. The predicted molar refractivity (Wildman–Crippen MR) is 134 cm³/mol. The molecule has 2 amide bonds. The van der Waals surface area contributed by atoms with E-state index in [1.807, 2.05) is 11.8 Å². The summed E-state index contributed by atoms with van der Waals surface area (Å²) >= 11 is 0. The number of rotatable bonds is 5. The molecule has 1 aromatic carbocycles. The maximum absolute atomic E-state index is 14.8. The molecule has 2 fully saturated rings. The largest absolute Gasteiger partial charge is 0.493 e. The number of halogens is 4. The van der Waals surface area contributed by atoms with E-state index in [4.69, 9.17) is 0 Å². The lowest BCUT2D eigenvalue weighted by molar-refractivity contribution is -0.202. The molecule has 0 radical (unpaired) electrons. The fraction of sp³-hybridized carbons (Fsp3) is 0.519. The molecule has 216 valence electrons. The average molecular weight is 567 g/mol. The highest BCUT2D eigenvalue weighted by Gasteiger charge is 2.42. The Kier molecular flexibility index (Phi) is 8.31. The number of amides is 2. The Balaban J connectivity index is 1.55. The van der Waals surface area contributed by atoms with E-state index in [2.05, 4.69) is 9.94 Å². The smallest absolute Gasteiger partial charge is 0.334 e. The molecule has 1 aliphatic carbocycles. The molecular formula is C27H30F4N4O5. The maximum atomic E-state index is 14.8. The van der Waals surface area contributed by atoms with E-state index in [9.17, 15) is 36.7 Å². The van der Waals surface area contributed by atoms with Crippen molar-refractivity contribution in [2.24, 2.45) is 0 Å². The van der Waals surface area contributed by atoms with Crippen LogP contribution in [0.5, 0.6) is 0 Å². The van der Waals surface area contributed by atoms with Crippen LogP contribution in [-0.2, 0) is 16.0 Å². The summed E-state index contributed by atoms with van der Waals surface area (Å²) in [6.07, 6.45) is -0.348. The van der Waals surface area contributed by atoms with Gasteiger partial charge in [-0.3, -0.25) is 14.4 Å². The van der Waals surface area contributed by atoms with Crippen LogP contribution in [0.15, 0.2) is 23.0 Å². The molecule has 4 rings (SSSR count). The Morgan fingerprint density at radius 1 is 1.07 bits per heavy atom. The molecule has 0 spiro atoms. The first-order valence-electron chi connectivity index (χ1n) is 13.1. The van der Waals surface area contributed by atoms with Crippen molar-refractivity contribution in [1.82, 2.24) is 19.7 Å². The molecule has 0 bridgehead atoms. The third-order valence-electron chi connectivity index (χ3n) is 7.56. The highest BCUT2D eigenvalue weighted by molar-refractivity contribution is 5.97. The monoisotopic (exact) mass is 566 g/mol. The number of alkyl halides is 3. The molecular weight excluding hydrogens is 536 g/mol. The molecule has 1 atom stereocenters.